The maximum absolute atomic E-state index is 13.0. The standard InChI is InChI=1S/C19H17F3N4O2.ClH/c1-10-16-14(17(27)24-9-11-7-23-8-11)6-15(25-18(16)28-26-10)12-3-2-4-13(5-12)19(20,21)22;/h2-6,11,23H,7-9H2,1H3,(H,24,27);1H. The molecule has 0 radical (unpaired) electrons. The van der Waals surface area contributed by atoms with Crippen molar-refractivity contribution in [1.29, 1.82) is 0 Å². The fourth-order valence-electron chi connectivity index (χ4n) is 3.10. The van der Waals surface area contributed by atoms with Gasteiger partial charge in [-0.25, -0.2) is 4.98 Å². The third kappa shape index (κ3) is 4.20. The lowest BCUT2D eigenvalue weighted by Gasteiger charge is -2.27. The molecule has 2 N–H and O–H groups in total. The summed E-state index contributed by atoms with van der Waals surface area (Å²) in [4.78, 5) is 17.0. The number of nitrogens with one attached hydrogen (secondary N) is 2. The molecule has 3 aromatic rings. The molecule has 29 heavy (non-hydrogen) atoms. The number of halogens is 4. The molecule has 0 unspecified atom stereocenters. The highest BCUT2D eigenvalue weighted by Gasteiger charge is 2.31. The van der Waals surface area contributed by atoms with Crippen LogP contribution < -0.4 is 10.6 Å². The van der Waals surface area contributed by atoms with Crippen LogP contribution >= 0.6 is 12.4 Å². The number of amides is 1. The number of benzene rings is 1. The molecule has 154 valence electrons. The van der Waals surface area contributed by atoms with E-state index in [0.717, 1.165) is 25.2 Å². The van der Waals surface area contributed by atoms with Crippen molar-refractivity contribution in [3.63, 3.8) is 0 Å². The molecule has 0 atom stereocenters. The molecule has 6 nitrogen and oxygen atoms in total. The van der Waals surface area contributed by atoms with Crippen LogP contribution in [0, 0.1) is 12.8 Å². The van der Waals surface area contributed by atoms with Crippen molar-refractivity contribution >= 4 is 29.4 Å². The molecule has 1 fully saturated rings. The first-order valence-electron chi connectivity index (χ1n) is 8.76. The number of nitrogens with zero attached hydrogens (tertiary/aromatic N) is 2. The Bertz CT molecular complexity index is 1050. The molecule has 2 aromatic heterocycles. The highest BCUT2D eigenvalue weighted by Crippen LogP contribution is 2.33. The van der Waals surface area contributed by atoms with E-state index in [9.17, 15) is 18.0 Å². The number of aryl methyl sites for hydroxylation is 1. The Morgan fingerprint density at radius 3 is 2.72 bits per heavy atom. The molecule has 0 bridgehead atoms. The Morgan fingerprint density at radius 1 is 1.31 bits per heavy atom. The van der Waals surface area contributed by atoms with Gasteiger partial charge in [0.2, 0.25) is 0 Å². The maximum Gasteiger partial charge on any atom is 0.416 e. The minimum Gasteiger partial charge on any atom is -0.352 e. The van der Waals surface area contributed by atoms with Crippen molar-refractivity contribution in [1.82, 2.24) is 20.8 Å². The number of hydrogen-bond donors (Lipinski definition) is 2. The molecule has 1 aliphatic rings. The molecule has 1 saturated heterocycles. The molecule has 3 heterocycles. The quantitative estimate of drug-likeness (QED) is 0.666. The highest BCUT2D eigenvalue weighted by atomic mass is 35.5. The van der Waals surface area contributed by atoms with Gasteiger partial charge >= 0.3 is 6.18 Å². The Balaban J connectivity index is 0.00000240. The van der Waals surface area contributed by atoms with Gasteiger partial charge in [0.25, 0.3) is 11.6 Å². The first kappa shape index (κ1) is 21.1. The third-order valence-corrected chi connectivity index (χ3v) is 4.76. The van der Waals surface area contributed by atoms with E-state index in [-0.39, 0.29) is 40.8 Å². The van der Waals surface area contributed by atoms with Gasteiger partial charge in [-0.2, -0.15) is 13.2 Å². The van der Waals surface area contributed by atoms with E-state index in [1.165, 1.54) is 18.2 Å². The summed E-state index contributed by atoms with van der Waals surface area (Å²) >= 11 is 0. The van der Waals surface area contributed by atoms with Crippen LogP contribution in [0.5, 0.6) is 0 Å². The van der Waals surface area contributed by atoms with Gasteiger partial charge in [0.15, 0.2) is 0 Å². The Labute approximate surface area is 170 Å². The van der Waals surface area contributed by atoms with Crippen LogP contribution in [0.2, 0.25) is 0 Å². The fourth-order valence-corrected chi connectivity index (χ4v) is 3.10. The summed E-state index contributed by atoms with van der Waals surface area (Å²) in [6.45, 7) is 3.88. The third-order valence-electron chi connectivity index (χ3n) is 4.76. The van der Waals surface area contributed by atoms with E-state index in [2.05, 4.69) is 20.8 Å². The summed E-state index contributed by atoms with van der Waals surface area (Å²) in [6.07, 6.45) is -4.47. The van der Waals surface area contributed by atoms with Crippen molar-refractivity contribution < 1.29 is 22.5 Å². The minimum absolute atomic E-state index is 0. The van der Waals surface area contributed by atoms with Gasteiger partial charge in [-0.1, -0.05) is 17.3 Å². The lowest BCUT2D eigenvalue weighted by Crippen LogP contribution is -2.48. The van der Waals surface area contributed by atoms with Gasteiger partial charge in [0, 0.05) is 31.1 Å². The van der Waals surface area contributed by atoms with Crippen LogP contribution in [0.1, 0.15) is 21.6 Å². The molecule has 0 spiro atoms. The summed E-state index contributed by atoms with van der Waals surface area (Å²) in [5, 5.41) is 10.3. The lowest BCUT2D eigenvalue weighted by molar-refractivity contribution is -0.137. The second-order valence-corrected chi connectivity index (χ2v) is 6.82. The van der Waals surface area contributed by atoms with Crippen molar-refractivity contribution in [2.75, 3.05) is 19.6 Å². The fraction of sp³-hybridized carbons (Fsp3) is 0.316. The Kier molecular flexibility index (Phi) is 5.81. The van der Waals surface area contributed by atoms with Crippen molar-refractivity contribution in [3.05, 3.63) is 47.2 Å². The molecule has 0 saturated carbocycles. The average molecular weight is 427 g/mol. The molecule has 1 amide bonds. The molecule has 1 aliphatic heterocycles. The number of aromatic nitrogens is 2. The van der Waals surface area contributed by atoms with E-state index in [4.69, 9.17) is 4.52 Å². The van der Waals surface area contributed by atoms with Crippen molar-refractivity contribution in [2.45, 2.75) is 13.1 Å². The molecule has 1 aromatic carbocycles. The van der Waals surface area contributed by atoms with E-state index in [0.29, 0.717) is 23.5 Å². The van der Waals surface area contributed by atoms with Gasteiger partial charge < -0.3 is 15.2 Å². The van der Waals surface area contributed by atoms with Gasteiger partial charge in [-0.15, -0.1) is 12.4 Å². The van der Waals surface area contributed by atoms with Gasteiger partial charge in [0.05, 0.1) is 27.9 Å². The number of pyridine rings is 1. The maximum atomic E-state index is 13.0. The van der Waals surface area contributed by atoms with Crippen LogP contribution in [-0.4, -0.2) is 35.7 Å². The zero-order chi connectivity index (χ0) is 19.9. The van der Waals surface area contributed by atoms with Gasteiger partial charge in [0.1, 0.15) is 0 Å². The van der Waals surface area contributed by atoms with E-state index < -0.39 is 11.7 Å². The smallest absolute Gasteiger partial charge is 0.352 e. The number of alkyl halides is 3. The predicted octanol–water partition coefficient (Wildman–Crippen LogP) is 3.59. The SMILES string of the molecule is Cc1noc2nc(-c3cccc(C(F)(F)F)c3)cc(C(=O)NCC3CNC3)c12.Cl. The summed E-state index contributed by atoms with van der Waals surface area (Å²) in [6, 6.07) is 6.28. The summed E-state index contributed by atoms with van der Waals surface area (Å²) < 4.78 is 44.3. The first-order chi connectivity index (χ1) is 13.3. The normalized spacial score (nSPS) is 14.3. The number of hydrogen-bond acceptors (Lipinski definition) is 5. The summed E-state index contributed by atoms with van der Waals surface area (Å²) in [5.41, 5.74) is 0.553. The van der Waals surface area contributed by atoms with E-state index in [1.54, 1.807) is 6.92 Å². The Hall–Kier alpha value is -2.65. The van der Waals surface area contributed by atoms with Gasteiger partial charge in [-0.3, -0.25) is 4.79 Å². The van der Waals surface area contributed by atoms with Crippen LogP contribution in [0.4, 0.5) is 13.2 Å². The zero-order valence-corrected chi connectivity index (χ0v) is 16.2. The molecular formula is C19H18ClF3N4O2. The molecule has 10 heteroatoms. The molecular weight excluding hydrogens is 409 g/mol. The highest BCUT2D eigenvalue weighted by molar-refractivity contribution is 6.07. The van der Waals surface area contributed by atoms with Crippen LogP contribution in [0.25, 0.3) is 22.4 Å². The van der Waals surface area contributed by atoms with E-state index >= 15 is 0 Å². The van der Waals surface area contributed by atoms with Crippen LogP contribution in [0.3, 0.4) is 0 Å². The van der Waals surface area contributed by atoms with Gasteiger partial charge in [-0.05, 0) is 25.1 Å². The van der Waals surface area contributed by atoms with Crippen LogP contribution in [0.15, 0.2) is 34.9 Å². The molecule has 4 rings (SSSR count). The average Bonchev–Trinajstić information content (AvgIpc) is 3.00. The first-order valence-corrected chi connectivity index (χ1v) is 8.76. The van der Waals surface area contributed by atoms with Crippen LogP contribution in [-0.2, 0) is 6.18 Å². The number of rotatable bonds is 4. The predicted molar refractivity (Wildman–Crippen MR) is 103 cm³/mol. The summed E-state index contributed by atoms with van der Waals surface area (Å²) in [7, 11) is 0. The molecule has 0 aliphatic carbocycles. The van der Waals surface area contributed by atoms with Crippen molar-refractivity contribution in [2.24, 2.45) is 5.92 Å². The monoisotopic (exact) mass is 426 g/mol. The largest absolute Gasteiger partial charge is 0.416 e. The minimum atomic E-state index is -4.47. The second-order valence-electron chi connectivity index (χ2n) is 6.82. The number of carbonyl (C=O) groups is 1. The van der Waals surface area contributed by atoms with E-state index in [1.807, 2.05) is 0 Å². The Morgan fingerprint density at radius 2 is 2.07 bits per heavy atom. The zero-order valence-electron chi connectivity index (χ0n) is 15.3. The topological polar surface area (TPSA) is 80.0 Å². The summed E-state index contributed by atoms with van der Waals surface area (Å²) in [5.74, 6) is 0.0339. The number of fused-ring (bicyclic) bond motifs is 1. The lowest BCUT2D eigenvalue weighted by atomic mass is 10.0. The second kappa shape index (κ2) is 8.00. The number of carbonyl (C=O) groups excluding carboxylic acids is 1. The van der Waals surface area contributed by atoms with Crippen molar-refractivity contribution in [3.8, 4) is 11.3 Å².